The average molecular weight is 283 g/mol. The van der Waals surface area contributed by atoms with Crippen molar-refractivity contribution < 1.29 is 9.53 Å². The molecule has 1 atom stereocenters. The summed E-state index contributed by atoms with van der Waals surface area (Å²) in [7, 11) is 1.67. The zero-order valence-corrected chi connectivity index (χ0v) is 12.6. The van der Waals surface area contributed by atoms with Crippen LogP contribution in [-0.4, -0.2) is 19.6 Å². The van der Waals surface area contributed by atoms with Crippen molar-refractivity contribution in [2.75, 3.05) is 13.7 Å². The van der Waals surface area contributed by atoms with E-state index in [0.29, 0.717) is 5.92 Å². The van der Waals surface area contributed by atoms with E-state index in [-0.39, 0.29) is 11.8 Å². The van der Waals surface area contributed by atoms with E-state index in [9.17, 15) is 4.79 Å². The Morgan fingerprint density at radius 3 is 2.67 bits per heavy atom. The molecule has 0 saturated heterocycles. The molecule has 2 aromatic rings. The normalized spacial score (nSPS) is 15.7. The van der Waals surface area contributed by atoms with Crippen LogP contribution in [0.2, 0.25) is 0 Å². The lowest BCUT2D eigenvalue weighted by molar-refractivity contribution is -0.122. The molecule has 0 radical (unpaired) electrons. The molecular weight excluding hydrogens is 262 g/mol. The van der Waals surface area contributed by atoms with Crippen LogP contribution in [0.1, 0.15) is 31.2 Å². The van der Waals surface area contributed by atoms with Gasteiger partial charge in [-0.15, -0.1) is 0 Å². The molecule has 0 bridgehead atoms. The van der Waals surface area contributed by atoms with Crippen LogP contribution in [0, 0.1) is 5.92 Å². The Labute approximate surface area is 125 Å². The number of benzene rings is 2. The third-order valence-electron chi connectivity index (χ3n) is 4.23. The summed E-state index contributed by atoms with van der Waals surface area (Å²) in [6, 6.07) is 12.2. The minimum atomic E-state index is -0.116. The summed E-state index contributed by atoms with van der Waals surface area (Å²) in [4.78, 5) is 12.2. The molecule has 1 aliphatic carbocycles. The van der Waals surface area contributed by atoms with Crippen molar-refractivity contribution in [3.05, 3.63) is 42.0 Å². The smallest absolute Gasteiger partial charge is 0.227 e. The van der Waals surface area contributed by atoms with Gasteiger partial charge in [-0.3, -0.25) is 4.79 Å². The highest BCUT2D eigenvalue weighted by molar-refractivity contribution is 5.88. The van der Waals surface area contributed by atoms with Gasteiger partial charge in [-0.2, -0.15) is 0 Å². The topological polar surface area (TPSA) is 38.3 Å². The van der Waals surface area contributed by atoms with Gasteiger partial charge in [0.2, 0.25) is 5.91 Å². The van der Waals surface area contributed by atoms with E-state index >= 15 is 0 Å². The van der Waals surface area contributed by atoms with Gasteiger partial charge in [-0.1, -0.05) is 24.3 Å². The fraction of sp³-hybridized carbons (Fsp3) is 0.389. The molecule has 110 valence electrons. The third kappa shape index (κ3) is 3.18. The van der Waals surface area contributed by atoms with E-state index in [0.717, 1.165) is 28.6 Å². The van der Waals surface area contributed by atoms with Crippen LogP contribution in [0.5, 0.6) is 5.75 Å². The number of hydrogen-bond donors (Lipinski definition) is 1. The van der Waals surface area contributed by atoms with Crippen molar-refractivity contribution in [3.8, 4) is 5.75 Å². The predicted octanol–water partition coefficient (Wildman–Crippen LogP) is 3.48. The second-order valence-electron chi connectivity index (χ2n) is 5.88. The van der Waals surface area contributed by atoms with Crippen molar-refractivity contribution >= 4 is 16.7 Å². The highest BCUT2D eigenvalue weighted by Crippen LogP contribution is 2.28. The second kappa shape index (κ2) is 5.76. The van der Waals surface area contributed by atoms with Crippen LogP contribution in [-0.2, 0) is 4.79 Å². The van der Waals surface area contributed by atoms with Gasteiger partial charge in [0, 0.05) is 6.54 Å². The molecule has 1 amide bonds. The Morgan fingerprint density at radius 2 is 1.95 bits per heavy atom. The Bertz CT molecular complexity index is 661. The molecule has 0 spiro atoms. The summed E-state index contributed by atoms with van der Waals surface area (Å²) in [6.45, 7) is 2.79. The van der Waals surface area contributed by atoms with Gasteiger partial charge in [0.05, 0.1) is 13.0 Å². The van der Waals surface area contributed by atoms with E-state index in [1.807, 2.05) is 31.2 Å². The molecule has 3 rings (SSSR count). The van der Waals surface area contributed by atoms with Gasteiger partial charge in [0.15, 0.2) is 0 Å². The molecule has 0 aliphatic heterocycles. The van der Waals surface area contributed by atoms with E-state index in [4.69, 9.17) is 4.74 Å². The predicted molar refractivity (Wildman–Crippen MR) is 84.6 cm³/mol. The van der Waals surface area contributed by atoms with Crippen LogP contribution < -0.4 is 10.1 Å². The molecular formula is C18H21NO2. The van der Waals surface area contributed by atoms with E-state index in [1.165, 1.54) is 12.8 Å². The van der Waals surface area contributed by atoms with Gasteiger partial charge >= 0.3 is 0 Å². The van der Waals surface area contributed by atoms with Crippen molar-refractivity contribution in [1.29, 1.82) is 0 Å². The number of carbonyl (C=O) groups is 1. The van der Waals surface area contributed by atoms with Crippen LogP contribution >= 0.6 is 0 Å². The molecule has 1 fully saturated rings. The maximum absolute atomic E-state index is 12.2. The van der Waals surface area contributed by atoms with Gasteiger partial charge < -0.3 is 10.1 Å². The van der Waals surface area contributed by atoms with Gasteiger partial charge in [0.25, 0.3) is 0 Å². The van der Waals surface area contributed by atoms with Crippen molar-refractivity contribution in [3.63, 3.8) is 0 Å². The van der Waals surface area contributed by atoms with Crippen LogP contribution in [0.4, 0.5) is 0 Å². The Hall–Kier alpha value is -2.03. The average Bonchev–Trinajstić information content (AvgIpc) is 3.35. The quantitative estimate of drug-likeness (QED) is 0.912. The Kier molecular flexibility index (Phi) is 3.82. The van der Waals surface area contributed by atoms with Gasteiger partial charge in [-0.25, -0.2) is 0 Å². The number of carbonyl (C=O) groups excluding carboxylic acids is 1. The van der Waals surface area contributed by atoms with Crippen molar-refractivity contribution in [2.24, 2.45) is 5.92 Å². The first kappa shape index (κ1) is 13.9. The van der Waals surface area contributed by atoms with E-state index in [2.05, 4.69) is 17.4 Å². The zero-order chi connectivity index (χ0) is 14.8. The summed E-state index contributed by atoms with van der Waals surface area (Å²) in [6.07, 6.45) is 2.51. The van der Waals surface area contributed by atoms with Crippen molar-refractivity contribution in [1.82, 2.24) is 5.32 Å². The lowest BCUT2D eigenvalue weighted by Crippen LogP contribution is -2.29. The van der Waals surface area contributed by atoms with E-state index < -0.39 is 0 Å². The summed E-state index contributed by atoms with van der Waals surface area (Å²) in [5, 5.41) is 5.31. The molecule has 0 aromatic heterocycles. The number of nitrogens with one attached hydrogen (secondary N) is 1. The number of methoxy groups -OCH3 is 1. The molecule has 21 heavy (non-hydrogen) atoms. The summed E-state index contributed by atoms with van der Waals surface area (Å²) in [5.41, 5.74) is 1.06. The standard InChI is InChI=1S/C18H21NO2/c1-12(18(20)19-11-13-3-4-13)14-5-6-16-10-17(21-2)8-7-15(16)9-14/h5-10,12-13H,3-4,11H2,1-2H3,(H,19,20). The minimum Gasteiger partial charge on any atom is -0.497 e. The third-order valence-corrected chi connectivity index (χ3v) is 4.23. The Balaban J connectivity index is 1.77. The van der Waals surface area contributed by atoms with Crippen LogP contribution in [0.3, 0.4) is 0 Å². The van der Waals surface area contributed by atoms with Gasteiger partial charge in [0.1, 0.15) is 5.75 Å². The first-order chi connectivity index (χ1) is 10.2. The second-order valence-corrected chi connectivity index (χ2v) is 5.88. The highest BCUT2D eigenvalue weighted by atomic mass is 16.5. The van der Waals surface area contributed by atoms with Gasteiger partial charge in [-0.05, 0) is 54.2 Å². The summed E-state index contributed by atoms with van der Waals surface area (Å²) < 4.78 is 5.23. The molecule has 3 nitrogen and oxygen atoms in total. The summed E-state index contributed by atoms with van der Waals surface area (Å²) >= 11 is 0. The maximum atomic E-state index is 12.2. The Morgan fingerprint density at radius 1 is 1.24 bits per heavy atom. The van der Waals surface area contributed by atoms with E-state index in [1.54, 1.807) is 7.11 Å². The zero-order valence-electron chi connectivity index (χ0n) is 12.6. The van der Waals surface area contributed by atoms with Crippen molar-refractivity contribution in [2.45, 2.75) is 25.7 Å². The number of ether oxygens (including phenoxy) is 1. The first-order valence-corrected chi connectivity index (χ1v) is 7.53. The van der Waals surface area contributed by atoms with Crippen LogP contribution in [0.25, 0.3) is 10.8 Å². The molecule has 3 heteroatoms. The maximum Gasteiger partial charge on any atom is 0.227 e. The highest BCUT2D eigenvalue weighted by Gasteiger charge is 2.23. The minimum absolute atomic E-state index is 0.116. The fourth-order valence-corrected chi connectivity index (χ4v) is 2.51. The number of hydrogen-bond acceptors (Lipinski definition) is 2. The largest absolute Gasteiger partial charge is 0.497 e. The number of rotatable bonds is 5. The number of amides is 1. The SMILES string of the molecule is COc1ccc2cc(C(C)C(=O)NCC3CC3)ccc2c1. The van der Waals surface area contributed by atoms with Crippen LogP contribution in [0.15, 0.2) is 36.4 Å². The molecule has 1 aliphatic rings. The number of fused-ring (bicyclic) bond motifs is 1. The molecule has 1 N–H and O–H groups in total. The fourth-order valence-electron chi connectivity index (χ4n) is 2.51. The molecule has 2 aromatic carbocycles. The summed E-state index contributed by atoms with van der Waals surface area (Å²) in [5.74, 6) is 1.57. The lowest BCUT2D eigenvalue weighted by Gasteiger charge is -2.13. The monoisotopic (exact) mass is 283 g/mol. The molecule has 1 saturated carbocycles. The molecule has 0 heterocycles. The first-order valence-electron chi connectivity index (χ1n) is 7.53. The lowest BCUT2D eigenvalue weighted by atomic mass is 9.97. The molecule has 1 unspecified atom stereocenters.